The lowest BCUT2D eigenvalue weighted by Gasteiger charge is -2.18. The molecule has 0 aliphatic carbocycles. The first-order valence-corrected chi connectivity index (χ1v) is 6.82. The molecule has 1 amide bonds. The molecule has 1 saturated heterocycles. The Morgan fingerprint density at radius 1 is 1.58 bits per heavy atom. The number of pyridine rings is 1. The third-order valence-electron chi connectivity index (χ3n) is 3.05. The number of carbonyl (C=O) groups is 1. The van der Waals surface area contributed by atoms with Gasteiger partial charge >= 0.3 is 0 Å². The number of hydrogen-bond donors (Lipinski definition) is 2. The van der Waals surface area contributed by atoms with Gasteiger partial charge in [0.15, 0.2) is 0 Å². The smallest absolute Gasteiger partial charge is 0.232 e. The van der Waals surface area contributed by atoms with Gasteiger partial charge in [0, 0.05) is 17.3 Å². The van der Waals surface area contributed by atoms with Crippen LogP contribution >= 0.6 is 11.6 Å². The molecule has 6 heteroatoms. The van der Waals surface area contributed by atoms with E-state index in [1.165, 1.54) is 0 Å². The Labute approximate surface area is 117 Å². The van der Waals surface area contributed by atoms with Crippen molar-refractivity contribution < 1.29 is 9.53 Å². The van der Waals surface area contributed by atoms with Crippen LogP contribution in [0.3, 0.4) is 0 Å². The molecule has 2 unspecified atom stereocenters. The number of halogens is 1. The van der Waals surface area contributed by atoms with Gasteiger partial charge in [0.25, 0.3) is 0 Å². The van der Waals surface area contributed by atoms with E-state index in [1.54, 1.807) is 18.3 Å². The number of rotatable bonds is 5. The van der Waals surface area contributed by atoms with E-state index in [2.05, 4.69) is 22.5 Å². The van der Waals surface area contributed by atoms with Crippen molar-refractivity contribution in [2.75, 3.05) is 25.1 Å². The van der Waals surface area contributed by atoms with Crippen LogP contribution in [-0.4, -0.2) is 36.7 Å². The fourth-order valence-corrected chi connectivity index (χ4v) is 2.20. The van der Waals surface area contributed by atoms with Crippen LogP contribution in [0.25, 0.3) is 0 Å². The molecule has 0 spiro atoms. The molecule has 0 bridgehead atoms. The van der Waals surface area contributed by atoms with Crippen molar-refractivity contribution >= 4 is 23.3 Å². The Morgan fingerprint density at radius 2 is 2.42 bits per heavy atom. The van der Waals surface area contributed by atoms with Gasteiger partial charge in [0.1, 0.15) is 5.82 Å². The number of amides is 1. The van der Waals surface area contributed by atoms with Gasteiger partial charge in [-0.2, -0.15) is 0 Å². The Bertz CT molecular complexity index is 442. The first kappa shape index (κ1) is 14.2. The zero-order valence-electron chi connectivity index (χ0n) is 10.9. The molecule has 1 aliphatic heterocycles. The summed E-state index contributed by atoms with van der Waals surface area (Å²) in [5.74, 6) is 0.201. The van der Waals surface area contributed by atoms with Crippen LogP contribution in [0.5, 0.6) is 0 Å². The maximum absolute atomic E-state index is 12.2. The monoisotopic (exact) mass is 283 g/mol. The predicted molar refractivity (Wildman–Crippen MR) is 74.3 cm³/mol. The number of anilines is 1. The summed E-state index contributed by atoms with van der Waals surface area (Å²) in [5.41, 5.74) is 0. The summed E-state index contributed by atoms with van der Waals surface area (Å²) in [6.07, 6.45) is 2.59. The highest BCUT2D eigenvalue weighted by molar-refractivity contribution is 6.30. The zero-order valence-corrected chi connectivity index (χ0v) is 11.6. The third-order valence-corrected chi connectivity index (χ3v) is 3.28. The number of aromatic nitrogens is 1. The lowest BCUT2D eigenvalue weighted by atomic mass is 10.0. The van der Waals surface area contributed by atoms with E-state index in [0.29, 0.717) is 24.1 Å². The van der Waals surface area contributed by atoms with Gasteiger partial charge in [-0.25, -0.2) is 4.98 Å². The fourth-order valence-electron chi connectivity index (χ4n) is 2.04. The van der Waals surface area contributed by atoms with E-state index in [4.69, 9.17) is 16.3 Å². The molecular formula is C13H18ClN3O2. The van der Waals surface area contributed by atoms with E-state index in [9.17, 15) is 4.79 Å². The second-order valence-electron chi connectivity index (χ2n) is 4.55. The Kier molecular flexibility index (Phi) is 5.13. The fraction of sp³-hybridized carbons (Fsp3) is 0.538. The summed E-state index contributed by atoms with van der Waals surface area (Å²) in [4.78, 5) is 16.2. The summed E-state index contributed by atoms with van der Waals surface area (Å²) in [5, 5.41) is 6.65. The highest BCUT2D eigenvalue weighted by atomic mass is 35.5. The maximum Gasteiger partial charge on any atom is 0.232 e. The van der Waals surface area contributed by atoms with Crippen molar-refractivity contribution in [2.24, 2.45) is 5.92 Å². The average molecular weight is 284 g/mol. The van der Waals surface area contributed by atoms with Crippen molar-refractivity contribution in [1.29, 1.82) is 0 Å². The number of nitrogens with one attached hydrogen (secondary N) is 2. The van der Waals surface area contributed by atoms with E-state index in [0.717, 1.165) is 13.0 Å². The highest BCUT2D eigenvalue weighted by Crippen LogP contribution is 2.17. The lowest BCUT2D eigenvalue weighted by molar-refractivity contribution is -0.120. The number of ether oxygens (including phenoxy) is 1. The second-order valence-corrected chi connectivity index (χ2v) is 4.99. The van der Waals surface area contributed by atoms with Crippen molar-refractivity contribution in [2.45, 2.75) is 19.4 Å². The van der Waals surface area contributed by atoms with Crippen molar-refractivity contribution in [3.05, 3.63) is 23.4 Å². The van der Waals surface area contributed by atoms with Gasteiger partial charge in [0.05, 0.1) is 19.1 Å². The largest absolute Gasteiger partial charge is 0.379 e. The minimum atomic E-state index is -0.188. The van der Waals surface area contributed by atoms with Gasteiger partial charge in [-0.15, -0.1) is 0 Å². The first-order valence-electron chi connectivity index (χ1n) is 6.44. The van der Waals surface area contributed by atoms with E-state index < -0.39 is 0 Å². The van der Waals surface area contributed by atoms with Crippen molar-refractivity contribution in [3.8, 4) is 0 Å². The molecule has 5 nitrogen and oxygen atoms in total. The van der Waals surface area contributed by atoms with E-state index in [-0.39, 0.29) is 17.9 Å². The molecule has 19 heavy (non-hydrogen) atoms. The topological polar surface area (TPSA) is 63.2 Å². The Balaban J connectivity index is 1.95. The van der Waals surface area contributed by atoms with E-state index >= 15 is 0 Å². The lowest BCUT2D eigenvalue weighted by Crippen LogP contribution is -2.41. The molecule has 2 heterocycles. The molecule has 0 radical (unpaired) electrons. The molecule has 1 aliphatic rings. The minimum Gasteiger partial charge on any atom is -0.379 e. The molecule has 2 N–H and O–H groups in total. The summed E-state index contributed by atoms with van der Waals surface area (Å²) in [6, 6.07) is 3.37. The quantitative estimate of drug-likeness (QED) is 0.863. The van der Waals surface area contributed by atoms with Gasteiger partial charge in [-0.3, -0.25) is 4.79 Å². The molecule has 2 atom stereocenters. The minimum absolute atomic E-state index is 0.0686. The Hall–Kier alpha value is -1.17. The van der Waals surface area contributed by atoms with Crippen LogP contribution in [-0.2, 0) is 9.53 Å². The summed E-state index contributed by atoms with van der Waals surface area (Å²) in [7, 11) is 0. The molecular weight excluding hydrogens is 266 g/mol. The molecule has 0 saturated carbocycles. The average Bonchev–Trinajstić information content (AvgIpc) is 2.84. The third kappa shape index (κ3) is 3.89. The number of nitrogens with zero attached hydrogens (tertiary/aromatic N) is 1. The van der Waals surface area contributed by atoms with E-state index in [1.807, 2.05) is 0 Å². The molecule has 104 valence electrons. The molecule has 1 aromatic rings. The van der Waals surface area contributed by atoms with Crippen molar-refractivity contribution in [1.82, 2.24) is 10.3 Å². The summed E-state index contributed by atoms with van der Waals surface area (Å²) in [6.45, 7) is 3.98. The van der Waals surface area contributed by atoms with Gasteiger partial charge in [-0.05, 0) is 25.1 Å². The van der Waals surface area contributed by atoms with Crippen LogP contribution in [0.1, 0.15) is 13.3 Å². The molecule has 2 rings (SSSR count). The van der Waals surface area contributed by atoms with Crippen molar-refractivity contribution in [3.63, 3.8) is 0 Å². The standard InChI is InChI=1S/C13H18ClN3O2/c1-2-4-15-11-8-19-7-10(11)13(18)17-12-6-9(14)3-5-16-12/h3,5-6,10-11,15H,2,4,7-8H2,1H3,(H,16,17,18). The van der Waals surface area contributed by atoms with Gasteiger partial charge in [-0.1, -0.05) is 18.5 Å². The maximum atomic E-state index is 12.2. The second kappa shape index (κ2) is 6.84. The normalized spacial score (nSPS) is 22.4. The summed E-state index contributed by atoms with van der Waals surface area (Å²) >= 11 is 5.86. The van der Waals surface area contributed by atoms with Crippen LogP contribution < -0.4 is 10.6 Å². The Morgan fingerprint density at radius 3 is 3.16 bits per heavy atom. The molecule has 0 aromatic carbocycles. The first-order chi connectivity index (χ1) is 9.20. The highest BCUT2D eigenvalue weighted by Gasteiger charge is 2.33. The number of hydrogen-bond acceptors (Lipinski definition) is 4. The van der Waals surface area contributed by atoms with Crippen LogP contribution in [0.15, 0.2) is 18.3 Å². The van der Waals surface area contributed by atoms with Crippen LogP contribution in [0.2, 0.25) is 5.02 Å². The van der Waals surface area contributed by atoms with Gasteiger partial charge < -0.3 is 15.4 Å². The van der Waals surface area contributed by atoms with Crippen LogP contribution in [0.4, 0.5) is 5.82 Å². The summed E-state index contributed by atoms with van der Waals surface area (Å²) < 4.78 is 5.38. The predicted octanol–water partition coefficient (Wildman–Crippen LogP) is 1.69. The molecule has 1 fully saturated rings. The SMILES string of the molecule is CCCNC1COCC1C(=O)Nc1cc(Cl)ccn1. The van der Waals surface area contributed by atoms with Crippen LogP contribution in [0, 0.1) is 5.92 Å². The van der Waals surface area contributed by atoms with Gasteiger partial charge in [0.2, 0.25) is 5.91 Å². The number of carbonyl (C=O) groups excluding carboxylic acids is 1. The molecule has 1 aromatic heterocycles. The zero-order chi connectivity index (χ0) is 13.7.